The normalized spacial score (nSPS) is 23.2. The zero-order valence-electron chi connectivity index (χ0n) is 17.3. The van der Waals surface area contributed by atoms with Crippen LogP contribution >= 0.6 is 0 Å². The number of Topliss-reactive ketones (excluding diaryl/α,β-unsaturated/α-hetero) is 1. The lowest BCUT2D eigenvalue weighted by Crippen LogP contribution is -2.41. The van der Waals surface area contributed by atoms with Crippen molar-refractivity contribution in [2.75, 3.05) is 14.2 Å². The molecule has 154 valence electrons. The molecule has 3 atom stereocenters. The molecule has 0 radical (unpaired) electrons. The average Bonchev–Trinajstić information content (AvgIpc) is 2.78. The maximum absolute atomic E-state index is 13.5. The van der Waals surface area contributed by atoms with Crippen molar-refractivity contribution < 1.29 is 19.1 Å². The summed E-state index contributed by atoms with van der Waals surface area (Å²) >= 11 is 0. The molecule has 1 aliphatic carbocycles. The van der Waals surface area contributed by atoms with E-state index in [9.17, 15) is 9.59 Å². The first-order chi connectivity index (χ1) is 14.5. The first-order valence-corrected chi connectivity index (χ1v) is 10.0. The minimum atomic E-state index is -0.487. The second-order valence-corrected chi connectivity index (χ2v) is 7.66. The quantitative estimate of drug-likeness (QED) is 0.779. The summed E-state index contributed by atoms with van der Waals surface area (Å²) in [6.45, 7) is 1.85. The molecule has 0 bridgehead atoms. The molecule has 2 aromatic carbocycles. The monoisotopic (exact) mass is 403 g/mol. The highest BCUT2D eigenvalue weighted by molar-refractivity contribution is 5.96. The first-order valence-electron chi connectivity index (χ1n) is 10.0. The van der Waals surface area contributed by atoms with E-state index < -0.39 is 17.8 Å². The molecule has 30 heavy (non-hydrogen) atoms. The number of hydrogen-bond acceptors (Lipinski definition) is 5. The molecule has 0 aromatic heterocycles. The van der Waals surface area contributed by atoms with E-state index in [0.717, 1.165) is 16.8 Å². The molecule has 0 fully saturated rings. The van der Waals surface area contributed by atoms with Crippen LogP contribution in [0.2, 0.25) is 0 Å². The van der Waals surface area contributed by atoms with Gasteiger partial charge in [0.25, 0.3) is 0 Å². The molecule has 0 amide bonds. The van der Waals surface area contributed by atoms with Gasteiger partial charge in [-0.1, -0.05) is 54.6 Å². The van der Waals surface area contributed by atoms with Crippen molar-refractivity contribution >= 4 is 11.8 Å². The molecule has 3 unspecified atom stereocenters. The van der Waals surface area contributed by atoms with Gasteiger partial charge in [-0.25, -0.2) is 4.79 Å². The average molecular weight is 403 g/mol. The number of fused-ring (bicyclic) bond motifs is 1. The number of hydrogen-bond donors (Lipinski definition) is 1. The lowest BCUT2D eigenvalue weighted by molar-refractivity contribution is -0.136. The summed E-state index contributed by atoms with van der Waals surface area (Å²) in [5.74, 6) is -0.643. The molecular formula is C25H25NO4. The Bertz CT molecular complexity index is 1040. The van der Waals surface area contributed by atoms with E-state index in [2.05, 4.69) is 11.4 Å². The summed E-state index contributed by atoms with van der Waals surface area (Å²) in [7, 11) is 2.96. The highest BCUT2D eigenvalue weighted by Gasteiger charge is 2.45. The van der Waals surface area contributed by atoms with Gasteiger partial charge in [0, 0.05) is 35.2 Å². The Kier molecular flexibility index (Phi) is 5.44. The van der Waals surface area contributed by atoms with Crippen LogP contribution in [0.5, 0.6) is 5.75 Å². The number of ether oxygens (including phenoxy) is 2. The van der Waals surface area contributed by atoms with Crippen molar-refractivity contribution in [3.05, 3.63) is 88.8 Å². The number of allylic oxidation sites excluding steroid dienone is 3. The maximum Gasteiger partial charge on any atom is 0.336 e. The zero-order chi connectivity index (χ0) is 21.3. The van der Waals surface area contributed by atoms with Crippen molar-refractivity contribution in [2.45, 2.75) is 25.2 Å². The van der Waals surface area contributed by atoms with Crippen LogP contribution in [0.4, 0.5) is 0 Å². The van der Waals surface area contributed by atoms with E-state index in [1.165, 1.54) is 7.11 Å². The molecule has 5 heteroatoms. The van der Waals surface area contributed by atoms with E-state index in [1.54, 1.807) is 7.11 Å². The summed E-state index contributed by atoms with van der Waals surface area (Å²) in [5, 5.41) is 3.33. The van der Waals surface area contributed by atoms with E-state index in [0.29, 0.717) is 23.4 Å². The molecule has 0 saturated heterocycles. The lowest BCUT2D eigenvalue weighted by Gasteiger charge is -2.39. The van der Waals surface area contributed by atoms with Gasteiger partial charge in [-0.3, -0.25) is 4.79 Å². The standard InChI is InChI=1S/C25H25NO4/c1-15-22(25(28)30-3)23(18-11-7-8-12-21(18)29-2)24-19(26-15)13-17(14-20(24)27)16-9-5-4-6-10-16/h4-13,17,23-24,26H,14H2,1-3H3. The zero-order valence-corrected chi connectivity index (χ0v) is 17.3. The number of nitrogens with one attached hydrogen (secondary N) is 1. The Morgan fingerprint density at radius 3 is 2.40 bits per heavy atom. The van der Waals surface area contributed by atoms with Crippen molar-refractivity contribution in [2.24, 2.45) is 5.92 Å². The van der Waals surface area contributed by atoms with Crippen LogP contribution in [0.3, 0.4) is 0 Å². The number of esters is 1. The molecule has 0 saturated carbocycles. The number of ketones is 1. The molecule has 2 aromatic rings. The molecule has 4 rings (SSSR count). The number of carbonyl (C=O) groups excluding carboxylic acids is 2. The minimum absolute atomic E-state index is 0.00301. The van der Waals surface area contributed by atoms with Crippen molar-refractivity contribution in [1.29, 1.82) is 0 Å². The minimum Gasteiger partial charge on any atom is -0.496 e. The molecule has 1 aliphatic heterocycles. The van der Waals surface area contributed by atoms with Gasteiger partial charge < -0.3 is 14.8 Å². The molecular weight excluding hydrogens is 378 g/mol. The Morgan fingerprint density at radius 2 is 1.70 bits per heavy atom. The number of benzene rings is 2. The van der Waals surface area contributed by atoms with Crippen LogP contribution in [0.15, 0.2) is 77.6 Å². The molecule has 1 N–H and O–H groups in total. The first kappa shape index (κ1) is 20.0. The van der Waals surface area contributed by atoms with E-state index in [4.69, 9.17) is 9.47 Å². The van der Waals surface area contributed by atoms with Gasteiger partial charge in [-0.2, -0.15) is 0 Å². The maximum atomic E-state index is 13.5. The molecule has 5 nitrogen and oxygen atoms in total. The van der Waals surface area contributed by atoms with Gasteiger partial charge in [0.05, 0.1) is 25.7 Å². The highest BCUT2D eigenvalue weighted by Crippen LogP contribution is 2.48. The second-order valence-electron chi connectivity index (χ2n) is 7.66. The Labute approximate surface area is 176 Å². The Hall–Kier alpha value is -3.34. The summed E-state index contributed by atoms with van der Waals surface area (Å²) in [5.41, 5.74) is 3.91. The number of methoxy groups -OCH3 is 2. The molecule has 2 aliphatic rings. The van der Waals surface area contributed by atoms with Gasteiger partial charge in [-0.15, -0.1) is 0 Å². The topological polar surface area (TPSA) is 64.6 Å². The van der Waals surface area contributed by atoms with E-state index >= 15 is 0 Å². The van der Waals surface area contributed by atoms with Crippen molar-refractivity contribution in [3.63, 3.8) is 0 Å². The van der Waals surface area contributed by atoms with E-state index in [-0.39, 0.29) is 11.7 Å². The van der Waals surface area contributed by atoms with Crippen LogP contribution in [0, 0.1) is 5.92 Å². The fourth-order valence-electron chi connectivity index (χ4n) is 4.63. The summed E-state index contributed by atoms with van der Waals surface area (Å²) < 4.78 is 10.7. The van der Waals surface area contributed by atoms with Gasteiger partial charge in [0.2, 0.25) is 0 Å². The highest BCUT2D eigenvalue weighted by atomic mass is 16.5. The van der Waals surface area contributed by atoms with Gasteiger partial charge in [0.15, 0.2) is 0 Å². The van der Waals surface area contributed by atoms with Crippen LogP contribution in [-0.4, -0.2) is 26.0 Å². The smallest absolute Gasteiger partial charge is 0.336 e. The SMILES string of the molecule is COC(=O)C1=C(C)NC2=CC(c3ccccc3)CC(=O)C2C1c1ccccc1OC. The van der Waals surface area contributed by atoms with Crippen LogP contribution in [0.25, 0.3) is 0 Å². The third-order valence-corrected chi connectivity index (χ3v) is 5.97. The van der Waals surface area contributed by atoms with Crippen molar-refractivity contribution in [1.82, 2.24) is 5.32 Å². The van der Waals surface area contributed by atoms with Gasteiger partial charge >= 0.3 is 5.97 Å². The number of para-hydroxylation sites is 1. The van der Waals surface area contributed by atoms with Crippen molar-refractivity contribution in [3.8, 4) is 5.75 Å². The molecule has 1 heterocycles. The van der Waals surface area contributed by atoms with Crippen LogP contribution in [0.1, 0.15) is 36.3 Å². The molecule has 0 spiro atoms. The summed E-state index contributed by atoms with van der Waals surface area (Å²) in [6, 6.07) is 17.6. The Balaban J connectivity index is 1.87. The van der Waals surface area contributed by atoms with E-state index in [1.807, 2.05) is 61.5 Å². The number of rotatable bonds is 4. The predicted molar refractivity (Wildman–Crippen MR) is 114 cm³/mol. The van der Waals surface area contributed by atoms with Crippen LogP contribution < -0.4 is 10.1 Å². The van der Waals surface area contributed by atoms with Gasteiger partial charge in [-0.05, 0) is 18.6 Å². The predicted octanol–water partition coefficient (Wildman–Crippen LogP) is 4.09. The third kappa shape index (κ3) is 3.41. The lowest BCUT2D eigenvalue weighted by atomic mass is 9.68. The number of carbonyl (C=O) groups is 2. The third-order valence-electron chi connectivity index (χ3n) is 5.97. The summed E-state index contributed by atoms with van der Waals surface area (Å²) in [4.78, 5) is 26.2. The summed E-state index contributed by atoms with van der Waals surface area (Å²) in [6.07, 6.45) is 2.51. The fourth-order valence-corrected chi connectivity index (χ4v) is 4.63. The van der Waals surface area contributed by atoms with Gasteiger partial charge in [0.1, 0.15) is 11.5 Å². The van der Waals surface area contributed by atoms with Crippen LogP contribution in [-0.2, 0) is 14.3 Å². The Morgan fingerprint density at radius 1 is 1.00 bits per heavy atom. The largest absolute Gasteiger partial charge is 0.496 e. The fraction of sp³-hybridized carbons (Fsp3) is 0.280. The second kappa shape index (κ2) is 8.19.